The van der Waals surface area contributed by atoms with Crippen LogP contribution in [0.3, 0.4) is 0 Å². The minimum Gasteiger partial charge on any atom is -0.461 e. The van der Waals surface area contributed by atoms with Crippen molar-refractivity contribution in [3.8, 4) is 11.4 Å². The molecular weight excluding hydrogens is 252 g/mol. The van der Waals surface area contributed by atoms with E-state index in [9.17, 15) is 4.79 Å². The van der Waals surface area contributed by atoms with E-state index in [0.29, 0.717) is 17.5 Å². The van der Waals surface area contributed by atoms with Gasteiger partial charge in [-0.2, -0.15) is 0 Å². The van der Waals surface area contributed by atoms with Crippen molar-refractivity contribution in [2.45, 2.75) is 6.92 Å². The molecule has 18 heavy (non-hydrogen) atoms. The Morgan fingerprint density at radius 2 is 2.00 bits per heavy atom. The fourth-order valence-corrected chi connectivity index (χ4v) is 1.54. The molecule has 0 saturated carbocycles. The second-order valence-corrected chi connectivity index (χ2v) is 3.93. The molecule has 1 aromatic heterocycles. The van der Waals surface area contributed by atoms with E-state index in [2.05, 4.69) is 9.97 Å². The molecule has 0 fully saturated rings. The summed E-state index contributed by atoms with van der Waals surface area (Å²) in [5.41, 5.74) is 1.04. The summed E-state index contributed by atoms with van der Waals surface area (Å²) < 4.78 is 4.89. The zero-order valence-corrected chi connectivity index (χ0v) is 10.5. The Kier molecular flexibility index (Phi) is 3.89. The SMILES string of the molecule is CCOC(=O)c1ccnc(-c2ccc(Cl)cc2)n1. The summed E-state index contributed by atoms with van der Waals surface area (Å²) in [6, 6.07) is 8.62. The highest BCUT2D eigenvalue weighted by Gasteiger charge is 2.10. The quantitative estimate of drug-likeness (QED) is 0.798. The lowest BCUT2D eigenvalue weighted by Gasteiger charge is -2.03. The molecule has 0 spiro atoms. The molecular formula is C13H11ClN2O2. The number of benzene rings is 1. The van der Waals surface area contributed by atoms with E-state index in [-0.39, 0.29) is 5.69 Å². The standard InChI is InChI=1S/C13H11ClN2O2/c1-2-18-13(17)11-7-8-15-12(16-11)9-3-5-10(14)6-4-9/h3-8H,2H2,1H3. The van der Waals surface area contributed by atoms with Gasteiger partial charge in [0, 0.05) is 16.8 Å². The molecule has 0 N–H and O–H groups in total. The minimum atomic E-state index is -0.449. The predicted molar refractivity (Wildman–Crippen MR) is 68.4 cm³/mol. The van der Waals surface area contributed by atoms with Gasteiger partial charge in [-0.25, -0.2) is 14.8 Å². The lowest BCUT2D eigenvalue weighted by atomic mass is 10.2. The third kappa shape index (κ3) is 2.84. The van der Waals surface area contributed by atoms with Crippen molar-refractivity contribution < 1.29 is 9.53 Å². The van der Waals surface area contributed by atoms with Gasteiger partial charge in [0.05, 0.1) is 6.61 Å². The normalized spacial score (nSPS) is 10.1. The number of hydrogen-bond acceptors (Lipinski definition) is 4. The first-order valence-corrected chi connectivity index (χ1v) is 5.84. The van der Waals surface area contributed by atoms with Gasteiger partial charge in [-0.15, -0.1) is 0 Å². The van der Waals surface area contributed by atoms with Crippen LogP contribution in [0.5, 0.6) is 0 Å². The van der Waals surface area contributed by atoms with Gasteiger partial charge in [0.15, 0.2) is 11.5 Å². The monoisotopic (exact) mass is 262 g/mol. The van der Waals surface area contributed by atoms with Gasteiger partial charge in [0.2, 0.25) is 0 Å². The van der Waals surface area contributed by atoms with E-state index in [4.69, 9.17) is 16.3 Å². The predicted octanol–water partition coefficient (Wildman–Crippen LogP) is 2.97. The number of halogens is 1. The van der Waals surface area contributed by atoms with Gasteiger partial charge in [-0.1, -0.05) is 11.6 Å². The van der Waals surface area contributed by atoms with Crippen LogP contribution in [0.1, 0.15) is 17.4 Å². The third-order valence-corrected chi connectivity index (χ3v) is 2.49. The Hall–Kier alpha value is -1.94. The van der Waals surface area contributed by atoms with Gasteiger partial charge in [-0.05, 0) is 37.3 Å². The second-order valence-electron chi connectivity index (χ2n) is 3.49. The number of nitrogens with zero attached hydrogens (tertiary/aromatic N) is 2. The maximum Gasteiger partial charge on any atom is 0.357 e. The number of carbonyl (C=O) groups excluding carboxylic acids is 1. The fraction of sp³-hybridized carbons (Fsp3) is 0.154. The Bertz CT molecular complexity index is 555. The van der Waals surface area contributed by atoms with Gasteiger partial charge in [-0.3, -0.25) is 0 Å². The van der Waals surface area contributed by atoms with Gasteiger partial charge >= 0.3 is 5.97 Å². The number of carbonyl (C=O) groups is 1. The molecule has 4 nitrogen and oxygen atoms in total. The Balaban J connectivity index is 2.32. The number of aromatic nitrogens is 2. The smallest absolute Gasteiger partial charge is 0.357 e. The number of ether oxygens (including phenoxy) is 1. The van der Waals surface area contributed by atoms with Crippen LogP contribution in [0.2, 0.25) is 5.02 Å². The Labute approximate surface area is 110 Å². The van der Waals surface area contributed by atoms with Crippen LogP contribution in [0, 0.1) is 0 Å². The van der Waals surface area contributed by atoms with Crippen LogP contribution < -0.4 is 0 Å². The zero-order chi connectivity index (χ0) is 13.0. The average molecular weight is 263 g/mol. The van der Waals surface area contributed by atoms with E-state index in [1.165, 1.54) is 12.3 Å². The maximum atomic E-state index is 11.5. The fourth-order valence-electron chi connectivity index (χ4n) is 1.42. The summed E-state index contributed by atoms with van der Waals surface area (Å²) in [6.45, 7) is 2.07. The van der Waals surface area contributed by atoms with Crippen LogP contribution in [-0.2, 0) is 4.74 Å². The molecule has 2 aromatic rings. The molecule has 1 heterocycles. The van der Waals surface area contributed by atoms with Gasteiger partial charge in [0.25, 0.3) is 0 Å². The van der Waals surface area contributed by atoms with E-state index < -0.39 is 5.97 Å². The van der Waals surface area contributed by atoms with Crippen LogP contribution >= 0.6 is 11.6 Å². The molecule has 0 aliphatic heterocycles. The van der Waals surface area contributed by atoms with Crippen LogP contribution in [0.25, 0.3) is 11.4 Å². The number of rotatable bonds is 3. The largest absolute Gasteiger partial charge is 0.461 e. The molecule has 0 radical (unpaired) electrons. The Morgan fingerprint density at radius 1 is 1.28 bits per heavy atom. The first-order chi connectivity index (χ1) is 8.70. The highest BCUT2D eigenvalue weighted by molar-refractivity contribution is 6.30. The summed E-state index contributed by atoms with van der Waals surface area (Å²) in [7, 11) is 0. The zero-order valence-electron chi connectivity index (χ0n) is 9.76. The summed E-state index contributed by atoms with van der Waals surface area (Å²) in [5.74, 6) is 0.0207. The number of hydrogen-bond donors (Lipinski definition) is 0. The summed E-state index contributed by atoms with van der Waals surface area (Å²) in [6.07, 6.45) is 1.53. The van der Waals surface area contributed by atoms with Crippen LogP contribution in [0.4, 0.5) is 0 Å². The van der Waals surface area contributed by atoms with E-state index in [1.54, 1.807) is 31.2 Å². The second kappa shape index (κ2) is 5.60. The lowest BCUT2D eigenvalue weighted by molar-refractivity contribution is 0.0519. The van der Waals surface area contributed by atoms with E-state index >= 15 is 0 Å². The highest BCUT2D eigenvalue weighted by atomic mass is 35.5. The van der Waals surface area contributed by atoms with Crippen molar-refractivity contribution in [2.75, 3.05) is 6.61 Å². The lowest BCUT2D eigenvalue weighted by Crippen LogP contribution is -2.08. The minimum absolute atomic E-state index is 0.247. The van der Waals surface area contributed by atoms with Gasteiger partial charge in [0.1, 0.15) is 0 Å². The third-order valence-electron chi connectivity index (χ3n) is 2.24. The molecule has 0 aliphatic rings. The maximum absolute atomic E-state index is 11.5. The summed E-state index contributed by atoms with van der Waals surface area (Å²) in [5, 5.41) is 0.639. The molecule has 1 aromatic carbocycles. The topological polar surface area (TPSA) is 52.1 Å². The summed E-state index contributed by atoms with van der Waals surface area (Å²) in [4.78, 5) is 19.8. The molecule has 0 unspecified atom stereocenters. The summed E-state index contributed by atoms with van der Waals surface area (Å²) >= 11 is 5.81. The molecule has 0 atom stereocenters. The first kappa shape index (κ1) is 12.5. The average Bonchev–Trinajstić information content (AvgIpc) is 2.40. The molecule has 5 heteroatoms. The van der Waals surface area contributed by atoms with Gasteiger partial charge < -0.3 is 4.74 Å². The van der Waals surface area contributed by atoms with Crippen molar-refractivity contribution in [1.82, 2.24) is 9.97 Å². The van der Waals surface area contributed by atoms with Crippen molar-refractivity contribution in [3.05, 3.63) is 47.2 Å². The van der Waals surface area contributed by atoms with Crippen molar-refractivity contribution in [2.24, 2.45) is 0 Å². The van der Waals surface area contributed by atoms with E-state index in [0.717, 1.165) is 5.56 Å². The highest BCUT2D eigenvalue weighted by Crippen LogP contribution is 2.18. The molecule has 2 rings (SSSR count). The molecule has 92 valence electrons. The molecule has 0 bridgehead atoms. The van der Waals surface area contributed by atoms with Crippen molar-refractivity contribution >= 4 is 17.6 Å². The number of esters is 1. The Morgan fingerprint density at radius 3 is 2.67 bits per heavy atom. The molecule has 0 amide bonds. The first-order valence-electron chi connectivity index (χ1n) is 5.47. The van der Waals surface area contributed by atoms with Crippen molar-refractivity contribution in [3.63, 3.8) is 0 Å². The van der Waals surface area contributed by atoms with E-state index in [1.807, 2.05) is 0 Å². The van der Waals surface area contributed by atoms with Crippen molar-refractivity contribution in [1.29, 1.82) is 0 Å². The van der Waals surface area contributed by atoms with Crippen LogP contribution in [-0.4, -0.2) is 22.5 Å². The van der Waals surface area contributed by atoms with Crippen LogP contribution in [0.15, 0.2) is 36.5 Å². The molecule has 0 saturated heterocycles. The molecule has 0 aliphatic carbocycles.